The van der Waals surface area contributed by atoms with Crippen LogP contribution in [-0.2, 0) is 4.74 Å². The lowest BCUT2D eigenvalue weighted by Crippen LogP contribution is -2.01. The van der Waals surface area contributed by atoms with Crippen LogP contribution in [0.25, 0.3) is 16.9 Å². The Kier molecular flexibility index (Phi) is 4.83. The average Bonchev–Trinajstić information content (AvgIpc) is 3.09. The maximum absolute atomic E-state index is 11.7. The number of anilines is 2. The van der Waals surface area contributed by atoms with Gasteiger partial charge in [-0.15, -0.1) is 0 Å². The summed E-state index contributed by atoms with van der Waals surface area (Å²) in [6, 6.07) is 13.3. The quantitative estimate of drug-likeness (QED) is 0.456. The molecule has 0 aliphatic carbocycles. The first-order chi connectivity index (χ1) is 13.6. The second-order valence-electron chi connectivity index (χ2n) is 6.27. The molecule has 0 radical (unpaired) electrons. The summed E-state index contributed by atoms with van der Waals surface area (Å²) in [6.07, 6.45) is 5.29. The molecule has 0 aliphatic heterocycles. The van der Waals surface area contributed by atoms with Gasteiger partial charge in [-0.25, -0.2) is 9.78 Å². The third-order valence-corrected chi connectivity index (χ3v) is 5.30. The van der Waals surface area contributed by atoms with E-state index in [9.17, 15) is 4.79 Å². The maximum atomic E-state index is 11.7. The van der Waals surface area contributed by atoms with E-state index < -0.39 is 0 Å². The van der Waals surface area contributed by atoms with Crippen LogP contribution in [0.5, 0.6) is 0 Å². The summed E-state index contributed by atoms with van der Waals surface area (Å²) in [6.45, 7) is 2.04. The number of halogens is 1. The standard InChI is InChI=1S/C21H17BrN4O2/c1-13-3-8-16(11-17(13)22)24-20-19(25-18-12-23-9-10-26(18)20)14-4-6-15(7-5-14)21(27)28-2/h3-12,24H,1-2H3. The van der Waals surface area contributed by atoms with Crippen molar-refractivity contribution in [3.8, 4) is 11.3 Å². The molecule has 0 fully saturated rings. The molecule has 4 rings (SSSR count). The zero-order valence-corrected chi connectivity index (χ0v) is 16.9. The molecule has 2 aromatic carbocycles. The first-order valence-electron chi connectivity index (χ1n) is 8.61. The van der Waals surface area contributed by atoms with Crippen LogP contribution in [0.2, 0.25) is 0 Å². The molecule has 0 aliphatic rings. The number of hydrogen-bond donors (Lipinski definition) is 1. The fourth-order valence-electron chi connectivity index (χ4n) is 2.92. The van der Waals surface area contributed by atoms with Crippen LogP contribution in [0.1, 0.15) is 15.9 Å². The summed E-state index contributed by atoms with van der Waals surface area (Å²) >= 11 is 3.58. The van der Waals surface area contributed by atoms with E-state index in [4.69, 9.17) is 9.72 Å². The molecule has 0 bridgehead atoms. The number of hydrogen-bond acceptors (Lipinski definition) is 5. The third-order valence-electron chi connectivity index (χ3n) is 4.44. The van der Waals surface area contributed by atoms with E-state index in [2.05, 4.69) is 26.2 Å². The van der Waals surface area contributed by atoms with Gasteiger partial charge in [0.1, 0.15) is 11.5 Å². The SMILES string of the molecule is COC(=O)c1ccc(-c2nc3cnccn3c2Nc2ccc(C)c(Br)c2)cc1. The lowest BCUT2D eigenvalue weighted by Gasteiger charge is -2.10. The van der Waals surface area contributed by atoms with Crippen molar-refractivity contribution in [2.75, 3.05) is 12.4 Å². The number of aromatic nitrogens is 3. The van der Waals surface area contributed by atoms with Gasteiger partial charge in [-0.2, -0.15) is 0 Å². The molecule has 0 atom stereocenters. The van der Waals surface area contributed by atoms with Gasteiger partial charge < -0.3 is 10.1 Å². The van der Waals surface area contributed by atoms with Crippen LogP contribution in [-0.4, -0.2) is 27.4 Å². The number of nitrogens with zero attached hydrogens (tertiary/aromatic N) is 3. The van der Waals surface area contributed by atoms with Gasteiger partial charge in [0.05, 0.1) is 18.9 Å². The van der Waals surface area contributed by atoms with Crippen LogP contribution >= 0.6 is 15.9 Å². The van der Waals surface area contributed by atoms with Crippen molar-refractivity contribution in [1.29, 1.82) is 0 Å². The van der Waals surface area contributed by atoms with Gasteiger partial charge in [-0.05, 0) is 36.8 Å². The Morgan fingerprint density at radius 2 is 1.96 bits per heavy atom. The lowest BCUT2D eigenvalue weighted by molar-refractivity contribution is 0.0601. The number of ether oxygens (including phenoxy) is 1. The zero-order chi connectivity index (χ0) is 19.7. The third kappa shape index (κ3) is 3.36. The Morgan fingerprint density at radius 1 is 1.18 bits per heavy atom. The monoisotopic (exact) mass is 436 g/mol. The van der Waals surface area contributed by atoms with E-state index in [-0.39, 0.29) is 5.97 Å². The van der Waals surface area contributed by atoms with Crippen molar-refractivity contribution in [2.45, 2.75) is 6.92 Å². The lowest BCUT2D eigenvalue weighted by atomic mass is 10.1. The first kappa shape index (κ1) is 18.2. The molecular weight excluding hydrogens is 420 g/mol. The van der Waals surface area contributed by atoms with Crippen molar-refractivity contribution < 1.29 is 9.53 Å². The zero-order valence-electron chi connectivity index (χ0n) is 15.3. The highest BCUT2D eigenvalue weighted by molar-refractivity contribution is 9.10. The Labute approximate surface area is 170 Å². The van der Waals surface area contributed by atoms with E-state index in [1.165, 1.54) is 7.11 Å². The molecule has 0 spiro atoms. The minimum Gasteiger partial charge on any atom is -0.465 e. The molecule has 2 aromatic heterocycles. The van der Waals surface area contributed by atoms with Crippen LogP contribution in [0, 0.1) is 6.92 Å². The molecule has 7 heteroatoms. The highest BCUT2D eigenvalue weighted by atomic mass is 79.9. The van der Waals surface area contributed by atoms with Gasteiger partial charge in [0, 0.05) is 28.1 Å². The summed E-state index contributed by atoms with van der Waals surface area (Å²) in [5.41, 5.74) is 4.96. The number of imidazole rings is 1. The second kappa shape index (κ2) is 7.44. The van der Waals surface area contributed by atoms with Gasteiger partial charge in [-0.1, -0.05) is 34.1 Å². The van der Waals surface area contributed by atoms with Crippen molar-refractivity contribution in [1.82, 2.24) is 14.4 Å². The van der Waals surface area contributed by atoms with Gasteiger partial charge in [0.15, 0.2) is 5.65 Å². The predicted molar refractivity (Wildman–Crippen MR) is 112 cm³/mol. The van der Waals surface area contributed by atoms with Crippen molar-refractivity contribution in [3.63, 3.8) is 0 Å². The minimum absolute atomic E-state index is 0.367. The Bertz CT molecular complexity index is 1170. The smallest absolute Gasteiger partial charge is 0.337 e. The summed E-state index contributed by atoms with van der Waals surface area (Å²) in [7, 11) is 1.37. The molecule has 28 heavy (non-hydrogen) atoms. The number of benzene rings is 2. The van der Waals surface area contributed by atoms with E-state index in [0.29, 0.717) is 5.56 Å². The summed E-state index contributed by atoms with van der Waals surface area (Å²) in [4.78, 5) is 20.6. The number of nitrogens with one attached hydrogen (secondary N) is 1. The molecular formula is C21H17BrN4O2. The number of carbonyl (C=O) groups is 1. The van der Waals surface area contributed by atoms with Gasteiger partial charge in [-0.3, -0.25) is 9.38 Å². The van der Waals surface area contributed by atoms with Gasteiger partial charge in [0.2, 0.25) is 0 Å². The fourth-order valence-corrected chi connectivity index (χ4v) is 3.30. The normalized spacial score (nSPS) is 10.8. The van der Waals surface area contributed by atoms with Crippen LogP contribution in [0.4, 0.5) is 11.5 Å². The fraction of sp³-hybridized carbons (Fsp3) is 0.0952. The predicted octanol–water partition coefficient (Wildman–Crippen LogP) is 5.00. The second-order valence-corrected chi connectivity index (χ2v) is 7.13. The van der Waals surface area contributed by atoms with Crippen LogP contribution < -0.4 is 5.32 Å². The molecule has 0 unspecified atom stereocenters. The maximum Gasteiger partial charge on any atom is 0.337 e. The Balaban J connectivity index is 1.81. The van der Waals surface area contributed by atoms with Crippen LogP contribution in [0.3, 0.4) is 0 Å². The number of rotatable bonds is 4. The molecule has 140 valence electrons. The van der Waals surface area contributed by atoms with E-state index in [1.54, 1.807) is 24.5 Å². The highest BCUT2D eigenvalue weighted by Crippen LogP contribution is 2.32. The molecule has 1 N–H and O–H groups in total. The summed E-state index contributed by atoms with van der Waals surface area (Å²) in [5, 5.41) is 3.46. The average molecular weight is 437 g/mol. The van der Waals surface area contributed by atoms with Crippen molar-refractivity contribution in [3.05, 3.63) is 76.7 Å². The van der Waals surface area contributed by atoms with Gasteiger partial charge >= 0.3 is 5.97 Å². The van der Waals surface area contributed by atoms with E-state index in [1.807, 2.05) is 47.9 Å². The van der Waals surface area contributed by atoms with Gasteiger partial charge in [0.25, 0.3) is 0 Å². The highest BCUT2D eigenvalue weighted by Gasteiger charge is 2.15. The number of aryl methyl sites for hydroxylation is 1. The van der Waals surface area contributed by atoms with Crippen molar-refractivity contribution in [2.24, 2.45) is 0 Å². The van der Waals surface area contributed by atoms with Crippen LogP contribution in [0.15, 0.2) is 65.5 Å². The molecule has 4 aromatic rings. The molecule has 0 amide bonds. The first-order valence-corrected chi connectivity index (χ1v) is 9.40. The Hall–Kier alpha value is -3.19. The number of esters is 1. The molecule has 2 heterocycles. The van der Waals surface area contributed by atoms with E-state index >= 15 is 0 Å². The van der Waals surface area contributed by atoms with Crippen molar-refractivity contribution >= 4 is 39.1 Å². The largest absolute Gasteiger partial charge is 0.465 e. The molecule has 0 saturated heterocycles. The number of carbonyl (C=O) groups excluding carboxylic acids is 1. The molecule has 6 nitrogen and oxygen atoms in total. The molecule has 0 saturated carbocycles. The van der Waals surface area contributed by atoms with E-state index in [0.717, 1.165) is 38.4 Å². The summed E-state index contributed by atoms with van der Waals surface area (Å²) < 4.78 is 7.74. The number of fused-ring (bicyclic) bond motifs is 1. The minimum atomic E-state index is -0.367. The number of methoxy groups -OCH3 is 1. The Morgan fingerprint density at radius 3 is 2.68 bits per heavy atom. The topological polar surface area (TPSA) is 68.5 Å². The summed E-state index contributed by atoms with van der Waals surface area (Å²) in [5.74, 6) is 0.451.